The molecule has 0 radical (unpaired) electrons. The third-order valence-corrected chi connectivity index (χ3v) is 2.57. The summed E-state index contributed by atoms with van der Waals surface area (Å²) in [5.41, 5.74) is 0.133. The van der Waals surface area contributed by atoms with E-state index in [0.29, 0.717) is 12.0 Å². The smallest absolute Gasteiger partial charge is 0.0907 e. The zero-order valence-electron chi connectivity index (χ0n) is 9.63. The average molecular weight is 185 g/mol. The molecule has 0 amide bonds. The van der Waals surface area contributed by atoms with Crippen molar-refractivity contribution in [1.29, 1.82) is 0 Å². The van der Waals surface area contributed by atoms with Gasteiger partial charge in [-0.2, -0.15) is 0 Å². The Labute approximate surface area is 82.3 Å². The van der Waals surface area contributed by atoms with Crippen molar-refractivity contribution >= 4 is 0 Å². The summed E-state index contributed by atoms with van der Waals surface area (Å²) in [5, 5.41) is 0. The van der Waals surface area contributed by atoms with Crippen LogP contribution in [0.25, 0.3) is 0 Å². The second kappa shape index (κ2) is 3.97. The van der Waals surface area contributed by atoms with Gasteiger partial charge in [0.1, 0.15) is 0 Å². The maximum Gasteiger partial charge on any atom is 0.0907 e. The van der Waals surface area contributed by atoms with E-state index in [4.69, 9.17) is 4.74 Å². The molecule has 0 aromatic rings. The highest BCUT2D eigenvalue weighted by Gasteiger charge is 2.40. The van der Waals surface area contributed by atoms with Gasteiger partial charge in [0.25, 0.3) is 0 Å². The molecule has 0 aromatic heterocycles. The van der Waals surface area contributed by atoms with Crippen LogP contribution in [0.15, 0.2) is 0 Å². The molecule has 0 aromatic carbocycles. The summed E-state index contributed by atoms with van der Waals surface area (Å²) in [6, 6.07) is 0.663. The third kappa shape index (κ3) is 2.96. The Balaban J connectivity index is 2.22. The van der Waals surface area contributed by atoms with E-state index in [0.717, 1.165) is 19.7 Å². The number of hydrogen-bond acceptors (Lipinski definition) is 2. The minimum Gasteiger partial charge on any atom is -0.372 e. The lowest BCUT2D eigenvalue weighted by Gasteiger charge is -2.50. The van der Waals surface area contributed by atoms with Gasteiger partial charge in [-0.1, -0.05) is 13.8 Å². The van der Waals surface area contributed by atoms with Gasteiger partial charge in [-0.3, -0.25) is 4.90 Å². The Morgan fingerprint density at radius 1 is 1.23 bits per heavy atom. The van der Waals surface area contributed by atoms with Crippen LogP contribution in [-0.4, -0.2) is 36.2 Å². The van der Waals surface area contributed by atoms with Gasteiger partial charge in [-0.25, -0.2) is 0 Å². The lowest BCUT2D eigenvalue weighted by Crippen LogP contribution is -2.63. The summed E-state index contributed by atoms with van der Waals surface area (Å²) in [6.07, 6.45) is 0. The van der Waals surface area contributed by atoms with E-state index in [1.807, 2.05) is 0 Å². The van der Waals surface area contributed by atoms with Crippen LogP contribution in [-0.2, 0) is 4.74 Å². The molecule has 0 aliphatic carbocycles. The van der Waals surface area contributed by atoms with Crippen molar-refractivity contribution in [2.45, 2.75) is 46.3 Å². The van der Waals surface area contributed by atoms with Crippen molar-refractivity contribution in [1.82, 2.24) is 4.90 Å². The Bertz CT molecular complexity index is 154. The number of nitrogens with zero attached hydrogens (tertiary/aromatic N) is 1. The highest BCUT2D eigenvalue weighted by Crippen LogP contribution is 2.26. The fraction of sp³-hybridized carbons (Fsp3) is 1.00. The summed E-state index contributed by atoms with van der Waals surface area (Å²) >= 11 is 0. The van der Waals surface area contributed by atoms with E-state index in [2.05, 4.69) is 39.5 Å². The molecule has 0 saturated carbocycles. The van der Waals surface area contributed by atoms with Crippen LogP contribution < -0.4 is 0 Å². The van der Waals surface area contributed by atoms with Crippen molar-refractivity contribution in [2.75, 3.05) is 19.7 Å². The molecular formula is C11H23NO. The van der Waals surface area contributed by atoms with Gasteiger partial charge in [0.15, 0.2) is 0 Å². The maximum atomic E-state index is 5.87. The van der Waals surface area contributed by atoms with Crippen molar-refractivity contribution in [2.24, 2.45) is 5.92 Å². The molecule has 1 aliphatic rings. The molecular weight excluding hydrogens is 162 g/mol. The zero-order valence-corrected chi connectivity index (χ0v) is 9.63. The summed E-state index contributed by atoms with van der Waals surface area (Å²) < 4.78 is 5.87. The first kappa shape index (κ1) is 11.0. The van der Waals surface area contributed by atoms with Gasteiger partial charge in [0.2, 0.25) is 0 Å². The zero-order chi connectivity index (χ0) is 10.1. The van der Waals surface area contributed by atoms with Crippen LogP contribution in [0.4, 0.5) is 0 Å². The van der Waals surface area contributed by atoms with Crippen LogP contribution in [0.2, 0.25) is 0 Å². The van der Waals surface area contributed by atoms with Crippen LogP contribution in [0, 0.1) is 5.92 Å². The number of hydrogen-bond donors (Lipinski definition) is 0. The van der Waals surface area contributed by atoms with Crippen LogP contribution in [0.5, 0.6) is 0 Å². The molecule has 0 atom stereocenters. The second-order valence-corrected chi connectivity index (χ2v) is 5.15. The predicted octanol–water partition coefficient (Wildman–Crippen LogP) is 2.14. The van der Waals surface area contributed by atoms with Crippen molar-refractivity contribution in [3.8, 4) is 0 Å². The molecule has 0 unspecified atom stereocenters. The van der Waals surface area contributed by atoms with Gasteiger partial charge >= 0.3 is 0 Å². The molecule has 1 heterocycles. The molecule has 1 aliphatic heterocycles. The van der Waals surface area contributed by atoms with Gasteiger partial charge in [0, 0.05) is 25.7 Å². The molecule has 2 nitrogen and oxygen atoms in total. The monoisotopic (exact) mass is 185 g/mol. The molecule has 0 bridgehead atoms. The Hall–Kier alpha value is -0.0800. The van der Waals surface area contributed by atoms with Gasteiger partial charge in [0.05, 0.1) is 5.60 Å². The van der Waals surface area contributed by atoms with Crippen LogP contribution >= 0.6 is 0 Å². The van der Waals surface area contributed by atoms with Gasteiger partial charge < -0.3 is 4.74 Å². The summed E-state index contributed by atoms with van der Waals surface area (Å²) in [6.45, 7) is 14.2. The van der Waals surface area contributed by atoms with E-state index >= 15 is 0 Å². The second-order valence-electron chi connectivity index (χ2n) is 5.15. The topological polar surface area (TPSA) is 12.5 Å². The lowest BCUT2D eigenvalue weighted by molar-refractivity contribution is -0.147. The summed E-state index contributed by atoms with van der Waals surface area (Å²) in [5.74, 6) is 0.643. The molecule has 78 valence electrons. The normalized spacial score (nSPS) is 22.4. The van der Waals surface area contributed by atoms with Gasteiger partial charge in [-0.15, -0.1) is 0 Å². The highest BCUT2D eigenvalue weighted by atomic mass is 16.5. The number of ether oxygens (including phenoxy) is 1. The van der Waals surface area contributed by atoms with Gasteiger partial charge in [-0.05, 0) is 26.7 Å². The first-order chi connectivity index (χ1) is 5.93. The minimum atomic E-state index is 0.133. The predicted molar refractivity (Wildman–Crippen MR) is 55.9 cm³/mol. The first-order valence-electron chi connectivity index (χ1n) is 5.31. The molecule has 13 heavy (non-hydrogen) atoms. The molecule has 1 saturated heterocycles. The largest absolute Gasteiger partial charge is 0.372 e. The third-order valence-electron chi connectivity index (χ3n) is 2.57. The molecule has 2 heteroatoms. The molecule has 1 fully saturated rings. The van der Waals surface area contributed by atoms with E-state index in [9.17, 15) is 0 Å². The van der Waals surface area contributed by atoms with Crippen molar-refractivity contribution < 1.29 is 4.74 Å². The van der Waals surface area contributed by atoms with E-state index < -0.39 is 0 Å². The molecule has 1 rings (SSSR count). The van der Waals surface area contributed by atoms with E-state index in [1.165, 1.54) is 0 Å². The SMILES string of the molecule is CC(C)COC1(C)CN(C(C)C)C1. The van der Waals surface area contributed by atoms with Crippen LogP contribution in [0.3, 0.4) is 0 Å². The Kier molecular flexibility index (Phi) is 3.36. The van der Waals surface area contributed by atoms with E-state index in [1.54, 1.807) is 0 Å². The quantitative estimate of drug-likeness (QED) is 0.665. The number of rotatable bonds is 4. The molecule has 0 N–H and O–H groups in total. The molecule has 0 spiro atoms. The Morgan fingerprint density at radius 3 is 2.15 bits per heavy atom. The summed E-state index contributed by atoms with van der Waals surface area (Å²) in [7, 11) is 0. The van der Waals surface area contributed by atoms with Crippen molar-refractivity contribution in [3.63, 3.8) is 0 Å². The minimum absolute atomic E-state index is 0.133. The average Bonchev–Trinajstić information content (AvgIpc) is 1.95. The standard InChI is InChI=1S/C11H23NO/c1-9(2)6-13-11(5)7-12(8-11)10(3)4/h9-10H,6-8H2,1-5H3. The van der Waals surface area contributed by atoms with Crippen molar-refractivity contribution in [3.05, 3.63) is 0 Å². The number of likely N-dealkylation sites (tertiary alicyclic amines) is 1. The van der Waals surface area contributed by atoms with E-state index in [-0.39, 0.29) is 5.60 Å². The Morgan fingerprint density at radius 2 is 1.77 bits per heavy atom. The fourth-order valence-electron chi connectivity index (χ4n) is 1.64. The first-order valence-corrected chi connectivity index (χ1v) is 5.31. The highest BCUT2D eigenvalue weighted by molar-refractivity contribution is 4.94. The van der Waals surface area contributed by atoms with Crippen LogP contribution in [0.1, 0.15) is 34.6 Å². The summed E-state index contributed by atoms with van der Waals surface area (Å²) in [4.78, 5) is 2.44. The lowest BCUT2D eigenvalue weighted by atomic mass is 9.94. The maximum absolute atomic E-state index is 5.87. The fourth-order valence-corrected chi connectivity index (χ4v) is 1.64.